The van der Waals surface area contributed by atoms with Gasteiger partial charge < -0.3 is 0 Å². The van der Waals surface area contributed by atoms with Crippen molar-refractivity contribution in [2.45, 2.75) is 89.4 Å². The van der Waals surface area contributed by atoms with E-state index in [1.54, 1.807) is 0 Å². The molecule has 2 aromatic rings. The normalized spacial score (nSPS) is 27.1. The van der Waals surface area contributed by atoms with Crippen molar-refractivity contribution in [3.8, 4) is 0 Å². The van der Waals surface area contributed by atoms with Crippen molar-refractivity contribution in [1.29, 1.82) is 0 Å². The van der Waals surface area contributed by atoms with E-state index in [4.69, 9.17) is 0 Å². The van der Waals surface area contributed by atoms with Crippen LogP contribution in [-0.4, -0.2) is 19.7 Å². The summed E-state index contributed by atoms with van der Waals surface area (Å²) in [6, 6.07) is 23.2. The lowest BCUT2D eigenvalue weighted by Gasteiger charge is -2.50. The topological polar surface area (TPSA) is 6.48 Å². The van der Waals surface area contributed by atoms with E-state index in [1.807, 2.05) is 22.0 Å². The van der Waals surface area contributed by atoms with Gasteiger partial charge in [0.1, 0.15) is 0 Å². The third-order valence-corrected chi connectivity index (χ3v) is 9.90. The summed E-state index contributed by atoms with van der Waals surface area (Å²) in [7, 11) is 3.98. The summed E-state index contributed by atoms with van der Waals surface area (Å²) in [4.78, 5) is 0. The molecule has 2 saturated heterocycles. The second-order valence-electron chi connectivity index (χ2n) is 10.1. The third-order valence-electron chi connectivity index (χ3n) is 6.85. The highest BCUT2D eigenvalue weighted by atomic mass is 33.1. The van der Waals surface area contributed by atoms with Crippen molar-refractivity contribution < 1.29 is 0 Å². The van der Waals surface area contributed by atoms with E-state index in [0.717, 1.165) is 0 Å². The molecule has 0 bridgehead atoms. The second kappa shape index (κ2) is 9.28. The minimum atomic E-state index is 0.193. The number of benzene rings is 2. The molecule has 0 radical (unpaired) electrons. The molecule has 0 saturated carbocycles. The number of hydrogen-bond acceptors (Lipinski definition) is 4. The molecule has 0 aromatic heterocycles. The quantitative estimate of drug-likeness (QED) is 0.341. The summed E-state index contributed by atoms with van der Waals surface area (Å²) < 4.78 is 5.40. The first-order chi connectivity index (χ1) is 14.4. The Labute approximate surface area is 191 Å². The van der Waals surface area contributed by atoms with Gasteiger partial charge in [-0.05, 0) is 77.3 Å². The van der Waals surface area contributed by atoms with E-state index in [1.165, 1.54) is 49.7 Å². The molecule has 0 amide bonds. The standard InChI is InChI=1S/C26H36N2S2/c1-25(2)19-11-17-23(21-13-7-5-8-14-21)27(25)29-30-28-24(18-12-20-26(28,3)4)22-15-9-6-10-16-22/h5-10,13-16,23-24H,11-12,17-20H2,1-4H3. The van der Waals surface area contributed by atoms with Crippen LogP contribution in [0.1, 0.15) is 89.4 Å². The van der Waals surface area contributed by atoms with Crippen molar-refractivity contribution in [2.75, 3.05) is 0 Å². The van der Waals surface area contributed by atoms with E-state index in [0.29, 0.717) is 12.1 Å². The zero-order chi connectivity index (χ0) is 21.2. The molecule has 0 aliphatic carbocycles. The van der Waals surface area contributed by atoms with E-state index < -0.39 is 0 Å². The van der Waals surface area contributed by atoms with Crippen molar-refractivity contribution in [1.82, 2.24) is 8.61 Å². The molecule has 2 aromatic carbocycles. The summed E-state index contributed by atoms with van der Waals surface area (Å²) in [5.41, 5.74) is 3.30. The second-order valence-corrected chi connectivity index (χ2v) is 12.0. The van der Waals surface area contributed by atoms with Crippen LogP contribution in [0.15, 0.2) is 60.7 Å². The van der Waals surface area contributed by atoms with Crippen LogP contribution in [0.5, 0.6) is 0 Å². The summed E-state index contributed by atoms with van der Waals surface area (Å²) in [5.74, 6) is 0. The fourth-order valence-corrected chi connectivity index (χ4v) is 8.74. The number of nitrogens with zero attached hydrogens (tertiary/aromatic N) is 2. The van der Waals surface area contributed by atoms with Crippen LogP contribution in [0.4, 0.5) is 0 Å². The molecule has 0 N–H and O–H groups in total. The molecule has 2 fully saturated rings. The predicted octanol–water partition coefficient (Wildman–Crippen LogP) is 8.21. The molecule has 162 valence electrons. The van der Waals surface area contributed by atoms with Crippen molar-refractivity contribution in [2.24, 2.45) is 0 Å². The van der Waals surface area contributed by atoms with Gasteiger partial charge in [-0.2, -0.15) is 0 Å². The van der Waals surface area contributed by atoms with Crippen molar-refractivity contribution >= 4 is 22.0 Å². The van der Waals surface area contributed by atoms with Gasteiger partial charge in [0.15, 0.2) is 0 Å². The molecule has 2 nitrogen and oxygen atoms in total. The Kier molecular flexibility index (Phi) is 6.88. The van der Waals surface area contributed by atoms with Gasteiger partial charge in [-0.1, -0.05) is 60.7 Å². The lowest BCUT2D eigenvalue weighted by atomic mass is 9.86. The Balaban J connectivity index is 1.57. The molecule has 2 atom stereocenters. The maximum atomic E-state index is 2.70. The lowest BCUT2D eigenvalue weighted by Crippen LogP contribution is -2.47. The first kappa shape index (κ1) is 22.3. The van der Waals surface area contributed by atoms with Gasteiger partial charge in [-0.25, -0.2) is 8.61 Å². The molecule has 4 heteroatoms. The van der Waals surface area contributed by atoms with Gasteiger partial charge in [0.25, 0.3) is 0 Å². The predicted molar refractivity (Wildman–Crippen MR) is 133 cm³/mol. The molecule has 0 spiro atoms. The van der Waals surface area contributed by atoms with Gasteiger partial charge in [0.05, 0.1) is 0 Å². The monoisotopic (exact) mass is 440 g/mol. The Morgan fingerprint density at radius 3 is 1.37 bits per heavy atom. The Hall–Kier alpha value is -0.940. The zero-order valence-corrected chi connectivity index (χ0v) is 20.5. The summed E-state index contributed by atoms with van der Waals surface area (Å²) >= 11 is 0. The molecule has 2 unspecified atom stereocenters. The maximum absolute atomic E-state index is 2.70. The first-order valence-electron chi connectivity index (χ1n) is 11.4. The molecule has 30 heavy (non-hydrogen) atoms. The summed E-state index contributed by atoms with van der Waals surface area (Å²) in [5, 5.41) is 0. The third kappa shape index (κ3) is 4.77. The first-order valence-corrected chi connectivity index (χ1v) is 13.5. The van der Waals surface area contributed by atoms with Crippen LogP contribution in [0.2, 0.25) is 0 Å². The fourth-order valence-electron chi connectivity index (χ4n) is 5.09. The van der Waals surface area contributed by atoms with Gasteiger partial charge in [-0.15, -0.1) is 0 Å². The van der Waals surface area contributed by atoms with Gasteiger partial charge in [-0.3, -0.25) is 0 Å². The van der Waals surface area contributed by atoms with E-state index in [-0.39, 0.29) is 11.1 Å². The highest BCUT2D eigenvalue weighted by Gasteiger charge is 2.42. The minimum Gasteiger partial charge on any atom is -0.227 e. The SMILES string of the molecule is CC1(C)CCCC(c2ccccc2)N1SSN1C(c2ccccc2)CCCC1(C)C. The molecule has 2 heterocycles. The molecule has 4 rings (SSSR count). The number of piperidine rings is 2. The number of rotatable bonds is 5. The Morgan fingerprint density at radius 1 is 0.633 bits per heavy atom. The minimum absolute atomic E-state index is 0.193. The Bertz CT molecular complexity index is 737. The van der Waals surface area contributed by atoms with Crippen molar-refractivity contribution in [3.63, 3.8) is 0 Å². The maximum Gasteiger partial charge on any atom is 0.0466 e. The van der Waals surface area contributed by atoms with Crippen LogP contribution in [-0.2, 0) is 0 Å². The van der Waals surface area contributed by atoms with E-state index in [2.05, 4.69) is 97.0 Å². The van der Waals surface area contributed by atoms with Crippen LogP contribution >= 0.6 is 22.0 Å². The van der Waals surface area contributed by atoms with Crippen LogP contribution in [0.25, 0.3) is 0 Å². The van der Waals surface area contributed by atoms with Gasteiger partial charge in [0.2, 0.25) is 0 Å². The zero-order valence-electron chi connectivity index (χ0n) is 18.9. The fraction of sp³-hybridized carbons (Fsp3) is 0.538. The molecular formula is C26H36N2S2. The highest BCUT2D eigenvalue weighted by molar-refractivity contribution is 8.74. The summed E-state index contributed by atoms with van der Waals surface area (Å²) in [6.07, 6.45) is 7.61. The van der Waals surface area contributed by atoms with Gasteiger partial charge >= 0.3 is 0 Å². The van der Waals surface area contributed by atoms with Crippen LogP contribution in [0, 0.1) is 0 Å². The largest absolute Gasteiger partial charge is 0.227 e. The van der Waals surface area contributed by atoms with E-state index >= 15 is 0 Å². The summed E-state index contributed by atoms with van der Waals surface area (Å²) in [6.45, 7) is 9.69. The Morgan fingerprint density at radius 2 is 1.00 bits per heavy atom. The van der Waals surface area contributed by atoms with Crippen LogP contribution < -0.4 is 0 Å². The van der Waals surface area contributed by atoms with Gasteiger partial charge in [0, 0.05) is 45.1 Å². The highest BCUT2D eigenvalue weighted by Crippen LogP contribution is 2.53. The lowest BCUT2D eigenvalue weighted by molar-refractivity contribution is 0.122. The van der Waals surface area contributed by atoms with E-state index in [9.17, 15) is 0 Å². The number of hydrogen-bond donors (Lipinski definition) is 0. The molecule has 2 aliphatic heterocycles. The smallest absolute Gasteiger partial charge is 0.0466 e. The average Bonchev–Trinajstić information content (AvgIpc) is 2.74. The average molecular weight is 441 g/mol. The molecular weight excluding hydrogens is 404 g/mol. The molecule has 2 aliphatic rings. The van der Waals surface area contributed by atoms with Crippen LogP contribution in [0.3, 0.4) is 0 Å². The van der Waals surface area contributed by atoms with Crippen molar-refractivity contribution in [3.05, 3.63) is 71.8 Å².